The predicted octanol–water partition coefficient (Wildman–Crippen LogP) is 5.84. The summed E-state index contributed by atoms with van der Waals surface area (Å²) >= 11 is 0. The molecule has 3 heteroatoms. The lowest BCUT2D eigenvalue weighted by Crippen LogP contribution is -2.20. The highest BCUT2D eigenvalue weighted by Gasteiger charge is 2.29. The minimum atomic E-state index is -0.399. The van der Waals surface area contributed by atoms with E-state index in [2.05, 4.69) is 20.8 Å². The van der Waals surface area contributed by atoms with Crippen LogP contribution in [0.1, 0.15) is 53.2 Å². The number of benzene rings is 2. The van der Waals surface area contributed by atoms with Gasteiger partial charge in [0.1, 0.15) is 11.9 Å². The highest BCUT2D eigenvalue weighted by Crippen LogP contribution is 2.40. The van der Waals surface area contributed by atoms with Gasteiger partial charge < -0.3 is 4.74 Å². The Labute approximate surface area is 139 Å². The molecule has 0 aliphatic heterocycles. The van der Waals surface area contributed by atoms with Crippen molar-refractivity contribution in [3.63, 3.8) is 0 Å². The van der Waals surface area contributed by atoms with Gasteiger partial charge in [0.15, 0.2) is 0 Å². The largest absolute Gasteiger partial charge is 0.492 e. The van der Waals surface area contributed by atoms with Crippen LogP contribution in [0.3, 0.4) is 0 Å². The average Bonchev–Trinajstić information content (AvgIpc) is 2.43. The molecule has 0 saturated heterocycles. The molecule has 0 amide bonds. The molecule has 2 aromatic carbocycles. The van der Waals surface area contributed by atoms with E-state index in [1.165, 1.54) is 0 Å². The third-order valence-electron chi connectivity index (χ3n) is 3.75. The van der Waals surface area contributed by atoms with E-state index in [4.69, 9.17) is 9.62 Å². The lowest BCUT2D eigenvalue weighted by Gasteiger charge is -2.29. The van der Waals surface area contributed by atoms with Gasteiger partial charge in [0.05, 0.1) is 6.61 Å². The van der Waals surface area contributed by atoms with E-state index in [0.717, 1.165) is 22.1 Å². The summed E-state index contributed by atoms with van der Waals surface area (Å²) in [7, 11) is 0. The Kier molecular flexibility index (Phi) is 5.02. The van der Waals surface area contributed by atoms with E-state index in [9.17, 15) is 5.26 Å². The van der Waals surface area contributed by atoms with E-state index in [1.54, 1.807) is 0 Å². The molecule has 0 fully saturated rings. The zero-order chi connectivity index (χ0) is 17.3. The monoisotopic (exact) mass is 316 g/mol. The maximum absolute atomic E-state index is 9.42. The molecule has 0 saturated carbocycles. The molecule has 23 heavy (non-hydrogen) atoms. The third kappa shape index (κ3) is 4.24. The maximum atomic E-state index is 9.42. The van der Waals surface area contributed by atoms with Crippen molar-refractivity contribution in [3.05, 3.63) is 42.0 Å². The average molecular weight is 316 g/mol. The number of fused-ring (bicyclic) bond motifs is 1. The van der Waals surface area contributed by atoms with Crippen LogP contribution in [0.2, 0.25) is 0 Å². The van der Waals surface area contributed by atoms with Gasteiger partial charge in [-0.3, -0.25) is 5.26 Å². The number of ether oxygens (including phenoxy) is 1. The van der Waals surface area contributed by atoms with E-state index in [1.807, 2.05) is 57.2 Å². The normalized spacial score (nSPS) is 14.0. The summed E-state index contributed by atoms with van der Waals surface area (Å²) in [5, 5.41) is 11.5. The second-order valence-electron chi connectivity index (χ2n) is 8.40. The Morgan fingerprint density at radius 2 is 1.52 bits per heavy atom. The summed E-state index contributed by atoms with van der Waals surface area (Å²) in [5.74, 6) is 0.866. The zero-order valence-electron chi connectivity index (χ0n) is 15.0. The molecule has 1 unspecified atom stereocenters. The highest BCUT2D eigenvalue weighted by atomic mass is 17.1. The van der Waals surface area contributed by atoms with Gasteiger partial charge >= 0.3 is 0 Å². The SMILES string of the molecule is CC(C)(C)COc1cccc2c(C(OO)C(C)(C)C)cccc12. The first-order valence-electron chi connectivity index (χ1n) is 8.08. The van der Waals surface area contributed by atoms with Crippen LogP contribution < -0.4 is 4.74 Å². The standard InChI is InChI=1S/C20H28O3/c1-19(2,3)13-22-17-12-8-9-14-15(17)10-7-11-16(14)18(23-21)20(4,5)6/h7-12,18,21H,13H2,1-6H3. The van der Waals surface area contributed by atoms with E-state index < -0.39 is 6.10 Å². The summed E-state index contributed by atoms with van der Waals surface area (Å²) in [6.45, 7) is 13.2. The van der Waals surface area contributed by atoms with Crippen molar-refractivity contribution in [2.75, 3.05) is 6.61 Å². The fourth-order valence-corrected chi connectivity index (χ4v) is 2.64. The number of rotatable bonds is 4. The van der Waals surface area contributed by atoms with Crippen molar-refractivity contribution in [1.82, 2.24) is 0 Å². The third-order valence-corrected chi connectivity index (χ3v) is 3.75. The molecule has 3 nitrogen and oxygen atoms in total. The topological polar surface area (TPSA) is 38.7 Å². The van der Waals surface area contributed by atoms with Crippen molar-refractivity contribution in [2.24, 2.45) is 10.8 Å². The first kappa shape index (κ1) is 17.8. The van der Waals surface area contributed by atoms with Gasteiger partial charge in [-0.1, -0.05) is 71.9 Å². The molecule has 2 aromatic rings. The van der Waals surface area contributed by atoms with Gasteiger partial charge in [-0.2, -0.15) is 0 Å². The maximum Gasteiger partial charge on any atom is 0.127 e. The summed E-state index contributed by atoms with van der Waals surface area (Å²) in [5.41, 5.74) is 0.853. The molecule has 1 atom stereocenters. The van der Waals surface area contributed by atoms with Crippen LogP contribution in [0.5, 0.6) is 5.75 Å². The summed E-state index contributed by atoms with van der Waals surface area (Å²) < 4.78 is 6.03. The summed E-state index contributed by atoms with van der Waals surface area (Å²) in [6, 6.07) is 12.1. The second kappa shape index (κ2) is 6.50. The lowest BCUT2D eigenvalue weighted by atomic mass is 9.83. The quantitative estimate of drug-likeness (QED) is 0.568. The predicted molar refractivity (Wildman–Crippen MR) is 94.8 cm³/mol. The van der Waals surface area contributed by atoms with Crippen LogP contribution >= 0.6 is 0 Å². The van der Waals surface area contributed by atoms with Crippen molar-refractivity contribution in [1.29, 1.82) is 0 Å². The van der Waals surface area contributed by atoms with Gasteiger partial charge in [0.2, 0.25) is 0 Å². The number of hydrogen-bond donors (Lipinski definition) is 1. The van der Waals surface area contributed by atoms with Crippen LogP contribution in [0, 0.1) is 10.8 Å². The van der Waals surface area contributed by atoms with Crippen LogP contribution in [0.15, 0.2) is 36.4 Å². The Balaban J connectivity index is 2.50. The van der Waals surface area contributed by atoms with Gasteiger partial charge in [0, 0.05) is 5.39 Å². The first-order chi connectivity index (χ1) is 10.6. The molecular formula is C20H28O3. The van der Waals surface area contributed by atoms with Gasteiger partial charge in [0.25, 0.3) is 0 Å². The molecule has 0 aliphatic rings. The Morgan fingerprint density at radius 3 is 2.09 bits per heavy atom. The highest BCUT2D eigenvalue weighted by molar-refractivity contribution is 5.91. The fourth-order valence-electron chi connectivity index (χ4n) is 2.64. The Bertz CT molecular complexity index is 663. The van der Waals surface area contributed by atoms with Crippen LogP contribution in [-0.2, 0) is 4.89 Å². The first-order valence-corrected chi connectivity index (χ1v) is 8.08. The molecule has 0 spiro atoms. The Hall–Kier alpha value is -1.58. The summed E-state index contributed by atoms with van der Waals surface area (Å²) in [4.78, 5) is 4.82. The molecule has 2 rings (SSSR count). The summed E-state index contributed by atoms with van der Waals surface area (Å²) in [6.07, 6.45) is -0.399. The molecule has 0 bridgehead atoms. The molecule has 1 N–H and O–H groups in total. The van der Waals surface area contributed by atoms with E-state index in [-0.39, 0.29) is 10.8 Å². The molecule has 0 radical (unpaired) electrons. The van der Waals surface area contributed by atoms with Crippen molar-refractivity contribution in [2.45, 2.75) is 47.6 Å². The molecule has 0 aliphatic carbocycles. The van der Waals surface area contributed by atoms with Crippen LogP contribution in [-0.4, -0.2) is 11.9 Å². The lowest BCUT2D eigenvalue weighted by molar-refractivity contribution is -0.303. The van der Waals surface area contributed by atoms with E-state index >= 15 is 0 Å². The Morgan fingerprint density at radius 1 is 0.913 bits per heavy atom. The van der Waals surface area contributed by atoms with Crippen LogP contribution in [0.25, 0.3) is 10.8 Å². The molecule has 0 heterocycles. The van der Waals surface area contributed by atoms with Crippen LogP contribution in [0.4, 0.5) is 0 Å². The second-order valence-corrected chi connectivity index (χ2v) is 8.40. The smallest absolute Gasteiger partial charge is 0.127 e. The van der Waals surface area contributed by atoms with Gasteiger partial charge in [-0.15, -0.1) is 0 Å². The number of hydrogen-bond acceptors (Lipinski definition) is 3. The minimum absolute atomic E-state index is 0.0991. The van der Waals surface area contributed by atoms with Gasteiger partial charge in [-0.05, 0) is 27.8 Å². The molecule has 126 valence electrons. The van der Waals surface area contributed by atoms with Crippen molar-refractivity contribution in [3.8, 4) is 5.75 Å². The molecule has 0 aromatic heterocycles. The van der Waals surface area contributed by atoms with Crippen molar-refractivity contribution >= 4 is 10.8 Å². The minimum Gasteiger partial charge on any atom is -0.492 e. The molecular weight excluding hydrogens is 288 g/mol. The van der Waals surface area contributed by atoms with Gasteiger partial charge in [-0.25, -0.2) is 4.89 Å². The van der Waals surface area contributed by atoms with Crippen molar-refractivity contribution < 1.29 is 14.9 Å². The zero-order valence-corrected chi connectivity index (χ0v) is 15.0. The van der Waals surface area contributed by atoms with E-state index in [0.29, 0.717) is 6.61 Å². The fraction of sp³-hybridized carbons (Fsp3) is 0.500.